The van der Waals surface area contributed by atoms with Gasteiger partial charge in [0.05, 0.1) is 24.9 Å². The second-order valence-electron chi connectivity index (χ2n) is 7.46. The quantitative estimate of drug-likeness (QED) is 0.534. The van der Waals surface area contributed by atoms with Gasteiger partial charge in [0.25, 0.3) is 5.91 Å². The van der Waals surface area contributed by atoms with Crippen LogP contribution in [0.5, 0.6) is 5.75 Å². The van der Waals surface area contributed by atoms with E-state index in [1.54, 1.807) is 25.3 Å². The van der Waals surface area contributed by atoms with Crippen LogP contribution in [0.25, 0.3) is 0 Å². The lowest BCUT2D eigenvalue weighted by atomic mass is 10.0. The topological polar surface area (TPSA) is 51.1 Å². The van der Waals surface area contributed by atoms with Gasteiger partial charge in [0.1, 0.15) is 17.4 Å². The Kier molecular flexibility index (Phi) is 6.44. The number of benzene rings is 3. The Labute approximate surface area is 184 Å². The maximum Gasteiger partial charge on any atom is 0.257 e. The summed E-state index contributed by atoms with van der Waals surface area (Å²) in [5.74, 6) is -0.752. The first-order valence-electron chi connectivity index (χ1n) is 10.2. The molecule has 1 amide bonds. The third-order valence-corrected chi connectivity index (χ3v) is 5.25. The zero-order chi connectivity index (χ0) is 22.5. The molecule has 1 aliphatic heterocycles. The Morgan fingerprint density at radius 2 is 1.78 bits per heavy atom. The van der Waals surface area contributed by atoms with Gasteiger partial charge in [0.15, 0.2) is 6.10 Å². The number of carbonyl (C=O) groups excluding carboxylic acids is 1. The van der Waals surface area contributed by atoms with Crippen LogP contribution >= 0.6 is 0 Å². The molecule has 0 aromatic heterocycles. The van der Waals surface area contributed by atoms with Crippen LogP contribution in [0.1, 0.15) is 27.9 Å². The van der Waals surface area contributed by atoms with Crippen LogP contribution in [0.2, 0.25) is 0 Å². The molecule has 0 saturated heterocycles. The second-order valence-corrected chi connectivity index (χ2v) is 7.46. The molecule has 0 unspecified atom stereocenters. The molecule has 1 atom stereocenters. The monoisotopic (exact) mass is 436 g/mol. The highest BCUT2D eigenvalue weighted by atomic mass is 19.1. The molecule has 5 nitrogen and oxygen atoms in total. The summed E-state index contributed by atoms with van der Waals surface area (Å²) < 4.78 is 33.0. The minimum Gasteiger partial charge on any atom is -0.496 e. The van der Waals surface area contributed by atoms with Crippen molar-refractivity contribution in [3.63, 3.8) is 0 Å². The minimum atomic E-state index is -0.597. The van der Waals surface area contributed by atoms with Crippen molar-refractivity contribution in [2.75, 3.05) is 13.7 Å². The molecule has 164 valence electrons. The number of nitrogens with zero attached hydrogens (tertiary/aromatic N) is 2. The van der Waals surface area contributed by atoms with Gasteiger partial charge in [-0.05, 0) is 42.0 Å². The van der Waals surface area contributed by atoms with Crippen molar-refractivity contribution in [3.05, 3.63) is 101 Å². The molecular formula is C25H22F2N2O3. The van der Waals surface area contributed by atoms with Crippen LogP contribution in [-0.2, 0) is 11.4 Å². The number of halogens is 2. The maximum atomic E-state index is 14.3. The minimum absolute atomic E-state index is 0.0292. The molecule has 0 fully saturated rings. The Bertz CT molecular complexity index is 1130. The van der Waals surface area contributed by atoms with Crippen LogP contribution in [-0.4, -0.2) is 36.3 Å². The normalized spacial score (nSPS) is 15.1. The first-order chi connectivity index (χ1) is 15.5. The van der Waals surface area contributed by atoms with Gasteiger partial charge in [-0.1, -0.05) is 41.6 Å². The number of rotatable bonds is 7. The summed E-state index contributed by atoms with van der Waals surface area (Å²) in [6.45, 7) is 0.365. The number of ether oxygens (including phenoxy) is 1. The summed E-state index contributed by atoms with van der Waals surface area (Å²) >= 11 is 0. The van der Waals surface area contributed by atoms with Crippen LogP contribution in [0.3, 0.4) is 0 Å². The van der Waals surface area contributed by atoms with Gasteiger partial charge in [-0.15, -0.1) is 0 Å². The molecule has 4 rings (SSSR count). The SMILES string of the molecule is COc1ccccc1C1=NO[C@H](CN(Cc2ccc(F)cc2)C(=O)c2ccccc2F)C1. The molecule has 0 spiro atoms. The van der Waals surface area contributed by atoms with Gasteiger partial charge >= 0.3 is 0 Å². The van der Waals surface area contributed by atoms with Crippen molar-refractivity contribution in [2.24, 2.45) is 5.16 Å². The number of hydrogen-bond donors (Lipinski definition) is 0. The molecule has 3 aromatic rings. The third kappa shape index (κ3) is 4.77. The van der Waals surface area contributed by atoms with E-state index in [0.29, 0.717) is 17.9 Å². The fourth-order valence-corrected chi connectivity index (χ4v) is 3.65. The third-order valence-electron chi connectivity index (χ3n) is 5.25. The molecule has 1 aliphatic rings. The lowest BCUT2D eigenvalue weighted by molar-refractivity contribution is 0.0402. The molecule has 0 radical (unpaired) electrons. The van der Waals surface area contributed by atoms with E-state index in [9.17, 15) is 13.6 Å². The summed E-state index contributed by atoms with van der Waals surface area (Å²) in [4.78, 5) is 20.3. The van der Waals surface area contributed by atoms with E-state index in [-0.39, 0.29) is 24.5 Å². The summed E-state index contributed by atoms with van der Waals surface area (Å²) in [6.07, 6.45) is 0.0521. The first kappa shape index (κ1) is 21.5. The van der Waals surface area contributed by atoms with Crippen molar-refractivity contribution in [3.8, 4) is 5.75 Å². The lowest BCUT2D eigenvalue weighted by Gasteiger charge is -2.25. The fraction of sp³-hybridized carbons (Fsp3) is 0.200. The summed E-state index contributed by atoms with van der Waals surface area (Å²) in [6, 6.07) is 19.2. The van der Waals surface area contributed by atoms with Gasteiger partial charge in [-0.2, -0.15) is 0 Å². The van der Waals surface area contributed by atoms with Crippen LogP contribution in [0.4, 0.5) is 8.78 Å². The van der Waals surface area contributed by atoms with Crippen molar-refractivity contribution >= 4 is 11.6 Å². The van der Waals surface area contributed by atoms with Gasteiger partial charge in [-0.25, -0.2) is 8.78 Å². The number of hydrogen-bond acceptors (Lipinski definition) is 4. The van der Waals surface area contributed by atoms with Crippen molar-refractivity contribution < 1.29 is 23.1 Å². The Balaban J connectivity index is 1.53. The summed E-state index contributed by atoms with van der Waals surface area (Å²) in [7, 11) is 1.59. The van der Waals surface area contributed by atoms with E-state index in [0.717, 1.165) is 11.1 Å². The average molecular weight is 436 g/mol. The van der Waals surface area contributed by atoms with Crippen LogP contribution < -0.4 is 4.74 Å². The highest BCUT2D eigenvalue weighted by molar-refractivity contribution is 6.03. The largest absolute Gasteiger partial charge is 0.496 e. The zero-order valence-electron chi connectivity index (χ0n) is 17.5. The zero-order valence-corrected chi connectivity index (χ0v) is 17.5. The van der Waals surface area contributed by atoms with Gasteiger partial charge < -0.3 is 14.5 Å². The van der Waals surface area contributed by atoms with Crippen LogP contribution in [0, 0.1) is 11.6 Å². The van der Waals surface area contributed by atoms with E-state index in [2.05, 4.69) is 5.16 Å². The number of carbonyl (C=O) groups is 1. The number of methoxy groups -OCH3 is 1. The van der Waals surface area contributed by atoms with E-state index in [1.165, 1.54) is 35.2 Å². The number of para-hydroxylation sites is 1. The molecular weight excluding hydrogens is 414 g/mol. The molecule has 7 heteroatoms. The van der Waals surface area contributed by atoms with E-state index < -0.39 is 17.8 Å². The lowest BCUT2D eigenvalue weighted by Crippen LogP contribution is -2.37. The van der Waals surface area contributed by atoms with Gasteiger partial charge in [0.2, 0.25) is 0 Å². The van der Waals surface area contributed by atoms with Crippen molar-refractivity contribution in [1.82, 2.24) is 4.90 Å². The predicted octanol–water partition coefficient (Wildman–Crippen LogP) is 4.81. The number of amides is 1. The maximum absolute atomic E-state index is 14.3. The van der Waals surface area contributed by atoms with Crippen molar-refractivity contribution in [2.45, 2.75) is 19.1 Å². The second kappa shape index (κ2) is 9.60. The molecule has 0 bridgehead atoms. The van der Waals surface area contributed by atoms with E-state index >= 15 is 0 Å². The van der Waals surface area contributed by atoms with E-state index in [1.807, 2.05) is 24.3 Å². The molecule has 32 heavy (non-hydrogen) atoms. The molecule has 0 N–H and O–H groups in total. The predicted molar refractivity (Wildman–Crippen MR) is 117 cm³/mol. The smallest absolute Gasteiger partial charge is 0.257 e. The molecule has 0 saturated carbocycles. The van der Waals surface area contributed by atoms with Gasteiger partial charge in [-0.3, -0.25) is 4.79 Å². The summed E-state index contributed by atoms with van der Waals surface area (Å²) in [5.41, 5.74) is 2.23. The Morgan fingerprint density at radius 1 is 1.06 bits per heavy atom. The van der Waals surface area contributed by atoms with E-state index in [4.69, 9.17) is 9.57 Å². The first-order valence-corrected chi connectivity index (χ1v) is 10.2. The number of oxime groups is 1. The molecule has 0 aliphatic carbocycles. The highest BCUT2D eigenvalue weighted by Gasteiger charge is 2.29. The molecule has 3 aromatic carbocycles. The highest BCUT2D eigenvalue weighted by Crippen LogP contribution is 2.25. The fourth-order valence-electron chi connectivity index (χ4n) is 3.65. The van der Waals surface area contributed by atoms with Crippen LogP contribution in [0.15, 0.2) is 78.0 Å². The Morgan fingerprint density at radius 3 is 2.53 bits per heavy atom. The summed E-state index contributed by atoms with van der Waals surface area (Å²) in [5, 5.41) is 4.19. The van der Waals surface area contributed by atoms with Gasteiger partial charge in [0, 0.05) is 18.5 Å². The van der Waals surface area contributed by atoms with Crippen molar-refractivity contribution in [1.29, 1.82) is 0 Å². The average Bonchev–Trinajstić information content (AvgIpc) is 3.28. The Hall–Kier alpha value is -3.74. The molecule has 1 heterocycles. The standard InChI is InChI=1S/C25H22F2N2O3/c1-31-24-9-5-3-7-21(24)23-14-19(32-28-23)16-29(15-17-10-12-18(26)13-11-17)25(30)20-6-2-4-8-22(20)27/h2-13,19H,14-16H2,1H3/t19-/m0/s1.